The van der Waals surface area contributed by atoms with E-state index < -0.39 is 5.56 Å². The zero-order chi connectivity index (χ0) is 21.1. The maximum Gasteiger partial charge on any atom is 0.260 e. The Hall–Kier alpha value is -3.63. The van der Waals surface area contributed by atoms with Gasteiger partial charge in [-0.2, -0.15) is 0 Å². The zero-order valence-electron chi connectivity index (χ0n) is 16.2. The molecule has 5 heteroatoms. The van der Waals surface area contributed by atoms with Crippen LogP contribution in [0.4, 0.5) is 0 Å². The summed E-state index contributed by atoms with van der Waals surface area (Å²) in [5.74, 6) is 0.310. The average molecular weight is 416 g/mol. The molecule has 30 heavy (non-hydrogen) atoms. The van der Waals surface area contributed by atoms with Gasteiger partial charge < -0.3 is 9.72 Å². The topological polar surface area (TPSA) is 59.2 Å². The molecule has 3 aromatic carbocycles. The number of benzene rings is 3. The number of rotatable bonds is 5. The fraction of sp³-hybridized carbons (Fsp3) is 0.0400. The molecule has 0 bridgehead atoms. The van der Waals surface area contributed by atoms with Gasteiger partial charge >= 0.3 is 0 Å². The van der Waals surface area contributed by atoms with E-state index in [9.17, 15) is 9.59 Å². The van der Waals surface area contributed by atoms with E-state index in [1.807, 2.05) is 60.7 Å². The Kier molecular flexibility index (Phi) is 5.50. The number of nitrogens with one attached hydrogen (secondary N) is 1. The van der Waals surface area contributed by atoms with Gasteiger partial charge in [0.2, 0.25) is 0 Å². The van der Waals surface area contributed by atoms with E-state index in [4.69, 9.17) is 16.3 Å². The van der Waals surface area contributed by atoms with Crippen LogP contribution in [0.5, 0.6) is 5.75 Å². The molecule has 1 heterocycles. The minimum Gasteiger partial charge on any atom is -0.497 e. The fourth-order valence-electron chi connectivity index (χ4n) is 3.41. The monoisotopic (exact) mass is 415 g/mol. The molecule has 4 rings (SSSR count). The minimum absolute atomic E-state index is 0.0927. The summed E-state index contributed by atoms with van der Waals surface area (Å²) in [5.41, 5.74) is 2.40. The van der Waals surface area contributed by atoms with Crippen LogP contribution in [0.3, 0.4) is 0 Å². The highest BCUT2D eigenvalue weighted by molar-refractivity contribution is 6.31. The quantitative estimate of drug-likeness (QED) is 0.333. The molecule has 0 amide bonds. The molecule has 0 spiro atoms. The van der Waals surface area contributed by atoms with E-state index in [2.05, 4.69) is 4.98 Å². The maximum atomic E-state index is 13.1. The van der Waals surface area contributed by atoms with Crippen LogP contribution in [0, 0.1) is 0 Å². The number of methoxy groups -OCH3 is 1. The Labute approximate surface area is 178 Å². The Morgan fingerprint density at radius 1 is 1.00 bits per heavy atom. The smallest absolute Gasteiger partial charge is 0.260 e. The highest BCUT2D eigenvalue weighted by Crippen LogP contribution is 2.31. The molecule has 4 nitrogen and oxygen atoms in total. The molecule has 4 aromatic rings. The van der Waals surface area contributed by atoms with Gasteiger partial charge in [0.15, 0.2) is 5.78 Å². The van der Waals surface area contributed by atoms with Gasteiger partial charge in [-0.3, -0.25) is 9.59 Å². The predicted molar refractivity (Wildman–Crippen MR) is 121 cm³/mol. The number of ether oxygens (including phenoxy) is 1. The molecule has 0 radical (unpaired) electrons. The Morgan fingerprint density at radius 2 is 1.80 bits per heavy atom. The lowest BCUT2D eigenvalue weighted by Gasteiger charge is -2.11. The van der Waals surface area contributed by atoms with Gasteiger partial charge in [-0.05, 0) is 41.5 Å². The van der Waals surface area contributed by atoms with Crippen molar-refractivity contribution < 1.29 is 9.53 Å². The van der Waals surface area contributed by atoms with Crippen LogP contribution in [0.25, 0.3) is 28.1 Å². The maximum absolute atomic E-state index is 13.1. The molecule has 0 unspecified atom stereocenters. The normalized spacial score (nSPS) is 11.1. The third-order valence-corrected chi connectivity index (χ3v) is 5.04. The number of aromatic amines is 1. The second-order valence-electron chi connectivity index (χ2n) is 6.73. The van der Waals surface area contributed by atoms with Crippen molar-refractivity contribution in [3.63, 3.8) is 0 Å². The molecule has 0 saturated carbocycles. The lowest BCUT2D eigenvalue weighted by Crippen LogP contribution is -2.18. The highest BCUT2D eigenvalue weighted by atomic mass is 35.5. The molecule has 148 valence electrons. The van der Waals surface area contributed by atoms with Gasteiger partial charge in [0.25, 0.3) is 5.56 Å². The van der Waals surface area contributed by atoms with Crippen molar-refractivity contribution in [2.45, 2.75) is 0 Å². The zero-order valence-corrected chi connectivity index (χ0v) is 16.9. The first kappa shape index (κ1) is 19.7. The Bertz CT molecular complexity index is 1320. The van der Waals surface area contributed by atoms with Gasteiger partial charge in [0, 0.05) is 16.0 Å². The van der Waals surface area contributed by atoms with Gasteiger partial charge in [-0.25, -0.2) is 0 Å². The van der Waals surface area contributed by atoms with E-state index in [-0.39, 0.29) is 11.3 Å². The molecule has 0 fully saturated rings. The number of aromatic nitrogens is 1. The second-order valence-corrected chi connectivity index (χ2v) is 7.17. The highest BCUT2D eigenvalue weighted by Gasteiger charge is 2.19. The number of allylic oxidation sites excluding steroid dienone is 1. The SMILES string of the molecule is COc1cccc(C=CC(=O)c2c(-c3ccccc3)c3ccc(Cl)cc3[nH]c2=O)c1. The summed E-state index contributed by atoms with van der Waals surface area (Å²) in [7, 11) is 1.58. The van der Waals surface area contributed by atoms with Gasteiger partial charge in [0.1, 0.15) is 5.75 Å². The summed E-state index contributed by atoms with van der Waals surface area (Å²) in [6, 6.07) is 22.0. The van der Waals surface area contributed by atoms with Crippen LogP contribution in [0.15, 0.2) is 83.7 Å². The first-order valence-corrected chi connectivity index (χ1v) is 9.72. The number of ketones is 1. The third kappa shape index (κ3) is 3.91. The molecule has 0 atom stereocenters. The van der Waals surface area contributed by atoms with Crippen LogP contribution in [0.1, 0.15) is 15.9 Å². The molecule has 0 aliphatic carbocycles. The van der Waals surface area contributed by atoms with Crippen molar-refractivity contribution >= 4 is 34.4 Å². The molecule has 1 N–H and O–H groups in total. The number of H-pyrrole nitrogens is 1. The van der Waals surface area contributed by atoms with Crippen molar-refractivity contribution in [3.8, 4) is 16.9 Å². The van der Waals surface area contributed by atoms with Crippen LogP contribution in [0.2, 0.25) is 5.02 Å². The number of hydrogen-bond acceptors (Lipinski definition) is 3. The molecule has 1 aromatic heterocycles. The molecule has 0 aliphatic heterocycles. The summed E-state index contributed by atoms with van der Waals surface area (Å²) in [4.78, 5) is 28.8. The second kappa shape index (κ2) is 8.39. The lowest BCUT2D eigenvalue weighted by atomic mass is 9.94. The third-order valence-electron chi connectivity index (χ3n) is 4.81. The predicted octanol–water partition coefficient (Wildman–Crippen LogP) is 5.75. The Balaban J connectivity index is 1.88. The largest absolute Gasteiger partial charge is 0.497 e. The van der Waals surface area contributed by atoms with E-state index in [1.165, 1.54) is 6.08 Å². The van der Waals surface area contributed by atoms with Crippen molar-refractivity contribution in [1.82, 2.24) is 4.98 Å². The Morgan fingerprint density at radius 3 is 2.57 bits per heavy atom. The number of carbonyl (C=O) groups is 1. The lowest BCUT2D eigenvalue weighted by molar-refractivity contribution is 0.104. The van der Waals surface area contributed by atoms with E-state index >= 15 is 0 Å². The minimum atomic E-state index is -0.455. The van der Waals surface area contributed by atoms with Crippen molar-refractivity contribution in [2.75, 3.05) is 7.11 Å². The van der Waals surface area contributed by atoms with Crippen LogP contribution in [-0.2, 0) is 0 Å². The number of hydrogen-bond donors (Lipinski definition) is 1. The van der Waals surface area contributed by atoms with Crippen LogP contribution < -0.4 is 10.3 Å². The summed E-state index contributed by atoms with van der Waals surface area (Å²) in [6.45, 7) is 0. The molecular formula is C25H18ClNO3. The first-order valence-electron chi connectivity index (χ1n) is 9.34. The van der Waals surface area contributed by atoms with Gasteiger partial charge in [-0.1, -0.05) is 66.2 Å². The van der Waals surface area contributed by atoms with Crippen LogP contribution in [-0.4, -0.2) is 17.9 Å². The number of fused-ring (bicyclic) bond motifs is 1. The van der Waals surface area contributed by atoms with Crippen molar-refractivity contribution in [2.24, 2.45) is 0 Å². The standard InChI is InChI=1S/C25H18ClNO3/c1-30-19-9-5-6-16(14-19)10-13-22(28)24-23(17-7-3-2-4-8-17)20-12-11-18(26)15-21(20)27-25(24)29/h2-15H,1H3,(H,27,29). The summed E-state index contributed by atoms with van der Waals surface area (Å²) < 4.78 is 5.22. The van der Waals surface area contributed by atoms with Gasteiger partial charge in [-0.15, -0.1) is 0 Å². The van der Waals surface area contributed by atoms with Crippen molar-refractivity contribution in [1.29, 1.82) is 0 Å². The summed E-state index contributed by atoms with van der Waals surface area (Å²) in [5, 5.41) is 1.26. The van der Waals surface area contributed by atoms with Crippen molar-refractivity contribution in [3.05, 3.63) is 105 Å². The first-order chi connectivity index (χ1) is 14.6. The molecule has 0 aliphatic rings. The summed E-state index contributed by atoms with van der Waals surface area (Å²) in [6.07, 6.45) is 3.08. The van der Waals surface area contributed by atoms with E-state index in [1.54, 1.807) is 25.3 Å². The number of carbonyl (C=O) groups excluding carboxylic acids is 1. The fourth-order valence-corrected chi connectivity index (χ4v) is 3.58. The van der Waals surface area contributed by atoms with E-state index in [0.717, 1.165) is 16.5 Å². The summed E-state index contributed by atoms with van der Waals surface area (Å²) >= 11 is 6.10. The molecule has 0 saturated heterocycles. The van der Waals surface area contributed by atoms with Gasteiger partial charge in [0.05, 0.1) is 18.2 Å². The molecular weight excluding hydrogens is 398 g/mol. The number of pyridine rings is 1. The number of halogens is 1. The average Bonchev–Trinajstić information content (AvgIpc) is 2.77. The van der Waals surface area contributed by atoms with E-state index in [0.29, 0.717) is 21.9 Å². The van der Waals surface area contributed by atoms with Crippen LogP contribution >= 0.6 is 11.6 Å².